The van der Waals surface area contributed by atoms with Gasteiger partial charge in [-0.15, -0.1) is 6.58 Å². The zero-order valence-corrected chi connectivity index (χ0v) is 35.7. The summed E-state index contributed by atoms with van der Waals surface area (Å²) in [5.74, 6) is -0.589. The number of alkyl carbamates (subject to hydrolysis) is 1. The fourth-order valence-electron chi connectivity index (χ4n) is 7.96. The first-order chi connectivity index (χ1) is 28.7. The zero-order valence-electron chi connectivity index (χ0n) is 34.9. The molecule has 2 aromatic carbocycles. The Morgan fingerprint density at radius 1 is 0.950 bits per heavy atom. The molecule has 1 unspecified atom stereocenters. The minimum Gasteiger partial charge on any atom is -0.496 e. The summed E-state index contributed by atoms with van der Waals surface area (Å²) in [6.45, 7) is 7.98. The van der Waals surface area contributed by atoms with Gasteiger partial charge in [0.25, 0.3) is 5.91 Å². The Morgan fingerprint density at radius 2 is 1.67 bits per heavy atom. The SMILES string of the molecule is C=CCC(NC(=O)[C@@H]1CCCN1C(=O)[C@@H](NC(=O)OCC(C)(C)C/C=C/c1cc2c(OC)cc(-c3ccccc3)nc2cc1OC)C1CCCC1)C(=O)NS(=O)(=O)C1CC1. The Morgan fingerprint density at radius 3 is 2.33 bits per heavy atom. The van der Waals surface area contributed by atoms with E-state index in [0.717, 1.165) is 53.4 Å². The van der Waals surface area contributed by atoms with Gasteiger partial charge in [-0.3, -0.25) is 19.1 Å². The van der Waals surface area contributed by atoms with E-state index in [-0.39, 0.29) is 24.9 Å². The smallest absolute Gasteiger partial charge is 0.407 e. The van der Waals surface area contributed by atoms with Crippen molar-refractivity contribution in [3.05, 3.63) is 72.8 Å². The molecule has 322 valence electrons. The van der Waals surface area contributed by atoms with E-state index >= 15 is 0 Å². The third-order valence-corrected chi connectivity index (χ3v) is 13.3. The van der Waals surface area contributed by atoms with Crippen LogP contribution in [0.3, 0.4) is 0 Å². The maximum Gasteiger partial charge on any atom is 0.407 e. The highest BCUT2D eigenvalue weighted by Crippen LogP contribution is 2.36. The molecule has 1 aromatic heterocycles. The van der Waals surface area contributed by atoms with Gasteiger partial charge < -0.3 is 29.7 Å². The number of amides is 4. The highest BCUT2D eigenvalue weighted by molar-refractivity contribution is 7.90. The Labute approximate surface area is 352 Å². The van der Waals surface area contributed by atoms with Gasteiger partial charge in [0.15, 0.2) is 0 Å². The summed E-state index contributed by atoms with van der Waals surface area (Å²) in [5, 5.41) is 5.73. The number of rotatable bonds is 18. The summed E-state index contributed by atoms with van der Waals surface area (Å²) in [6, 6.07) is 12.7. The quantitative estimate of drug-likeness (QED) is 0.123. The number of carbonyl (C=O) groups excluding carboxylic acids is 4. The van der Waals surface area contributed by atoms with Gasteiger partial charge in [0, 0.05) is 40.6 Å². The molecule has 4 amide bonds. The van der Waals surface area contributed by atoms with E-state index in [1.165, 1.54) is 11.0 Å². The highest BCUT2D eigenvalue weighted by atomic mass is 32.2. The number of methoxy groups -OCH3 is 2. The van der Waals surface area contributed by atoms with Crippen LogP contribution in [0.5, 0.6) is 11.5 Å². The molecule has 0 bridgehead atoms. The number of hydrogen-bond acceptors (Lipinski definition) is 10. The van der Waals surface area contributed by atoms with Crippen molar-refractivity contribution in [2.24, 2.45) is 11.3 Å². The predicted octanol–water partition coefficient (Wildman–Crippen LogP) is 6.29. The number of aromatic nitrogens is 1. The molecule has 3 fully saturated rings. The summed E-state index contributed by atoms with van der Waals surface area (Å²) in [6.07, 6.45) is 10.4. The zero-order chi connectivity index (χ0) is 43.0. The normalized spacial score (nSPS) is 18.2. The Bertz CT molecular complexity index is 2200. The number of ether oxygens (including phenoxy) is 3. The second-order valence-electron chi connectivity index (χ2n) is 16.7. The number of allylic oxidation sites excluding steroid dienone is 1. The van der Waals surface area contributed by atoms with Gasteiger partial charge in [0.2, 0.25) is 21.8 Å². The standard InChI is InChI=1S/C45H57N5O9S/c1-6-14-34(41(51)49-60(55,56)32-21-22-32)47-42(52)37-20-13-24-50(37)43(53)40(30-17-10-11-18-30)48-44(54)59-28-45(2,3)23-12-19-31-25-33-36(27-38(31)57-4)46-35(26-39(33)58-5)29-15-8-7-9-16-29/h6-9,12,15-16,19,25-27,30,32,34,37,40H,1,10-11,13-14,17-18,20-24,28H2,2-5H3,(H,47,52)(H,48,54)(H,49,51)/b19-12+/t34?,37-,40-/m0/s1. The van der Waals surface area contributed by atoms with E-state index in [0.29, 0.717) is 50.1 Å². The molecule has 3 atom stereocenters. The van der Waals surface area contributed by atoms with Gasteiger partial charge in [-0.2, -0.15) is 0 Å². The molecule has 6 rings (SSSR count). The van der Waals surface area contributed by atoms with Gasteiger partial charge in [-0.05, 0) is 63.4 Å². The van der Waals surface area contributed by atoms with Crippen molar-refractivity contribution in [2.45, 2.75) is 101 Å². The van der Waals surface area contributed by atoms with Gasteiger partial charge >= 0.3 is 6.09 Å². The molecule has 3 N–H and O–H groups in total. The van der Waals surface area contributed by atoms with Gasteiger partial charge in [0.05, 0.1) is 37.3 Å². The first kappa shape index (κ1) is 44.1. The van der Waals surface area contributed by atoms with E-state index in [2.05, 4.69) is 21.9 Å². The largest absolute Gasteiger partial charge is 0.496 e. The van der Waals surface area contributed by atoms with E-state index < -0.39 is 56.7 Å². The van der Waals surface area contributed by atoms with Crippen LogP contribution >= 0.6 is 0 Å². The fourth-order valence-corrected chi connectivity index (χ4v) is 9.30. The number of pyridine rings is 1. The van der Waals surface area contributed by atoms with E-state index in [9.17, 15) is 27.6 Å². The number of nitrogens with zero attached hydrogens (tertiary/aromatic N) is 2. The van der Waals surface area contributed by atoms with Gasteiger partial charge in [0.1, 0.15) is 29.6 Å². The summed E-state index contributed by atoms with van der Waals surface area (Å²) in [7, 11) is -0.579. The summed E-state index contributed by atoms with van der Waals surface area (Å²) in [5.41, 5.74) is 2.86. The molecule has 2 saturated carbocycles. The van der Waals surface area contributed by atoms with Crippen molar-refractivity contribution in [3.8, 4) is 22.8 Å². The van der Waals surface area contributed by atoms with Crippen molar-refractivity contribution in [2.75, 3.05) is 27.4 Å². The molecule has 2 aliphatic carbocycles. The molecule has 3 aliphatic rings. The number of nitrogens with one attached hydrogen (secondary N) is 3. The Hall–Kier alpha value is -5.44. The van der Waals surface area contributed by atoms with Crippen LogP contribution in [-0.4, -0.2) is 92.9 Å². The number of carbonyl (C=O) groups is 4. The van der Waals surface area contributed by atoms with Crippen LogP contribution in [0, 0.1) is 11.3 Å². The van der Waals surface area contributed by atoms with Gasteiger partial charge in [-0.25, -0.2) is 18.2 Å². The van der Waals surface area contributed by atoms with Crippen molar-refractivity contribution >= 4 is 50.8 Å². The summed E-state index contributed by atoms with van der Waals surface area (Å²) in [4.78, 5) is 60.5. The predicted molar refractivity (Wildman–Crippen MR) is 230 cm³/mol. The van der Waals surface area contributed by atoms with Crippen LogP contribution in [0.1, 0.15) is 83.6 Å². The maximum atomic E-state index is 14.2. The van der Waals surface area contributed by atoms with Crippen LogP contribution in [0.4, 0.5) is 4.79 Å². The Kier molecular flexibility index (Phi) is 14.2. The lowest BCUT2D eigenvalue weighted by atomic mass is 9.90. The first-order valence-electron chi connectivity index (χ1n) is 20.7. The molecular weight excluding hydrogens is 787 g/mol. The van der Waals surface area contributed by atoms with Crippen LogP contribution in [0.25, 0.3) is 28.2 Å². The van der Waals surface area contributed by atoms with Crippen molar-refractivity contribution < 1.29 is 41.8 Å². The lowest BCUT2D eigenvalue weighted by Crippen LogP contribution is -2.57. The minimum atomic E-state index is -3.83. The molecule has 2 heterocycles. The van der Waals surface area contributed by atoms with Crippen LogP contribution < -0.4 is 24.8 Å². The Balaban J connectivity index is 1.07. The molecule has 15 heteroatoms. The minimum absolute atomic E-state index is 0.00347. The number of sulfonamides is 1. The van der Waals surface area contributed by atoms with Crippen molar-refractivity contribution in [3.63, 3.8) is 0 Å². The average molecular weight is 844 g/mol. The number of fused-ring (bicyclic) bond motifs is 1. The summed E-state index contributed by atoms with van der Waals surface area (Å²) < 4.78 is 44.2. The topological polar surface area (TPSA) is 182 Å². The molecule has 0 spiro atoms. The van der Waals surface area contributed by atoms with Gasteiger partial charge in [-0.1, -0.05) is 75.2 Å². The van der Waals surface area contributed by atoms with E-state index in [1.807, 2.05) is 74.5 Å². The van der Waals surface area contributed by atoms with E-state index in [4.69, 9.17) is 19.2 Å². The molecule has 3 aromatic rings. The fraction of sp³-hybridized carbons (Fsp3) is 0.489. The second kappa shape index (κ2) is 19.3. The van der Waals surface area contributed by atoms with Crippen molar-refractivity contribution in [1.29, 1.82) is 0 Å². The van der Waals surface area contributed by atoms with Crippen molar-refractivity contribution in [1.82, 2.24) is 25.2 Å². The highest BCUT2D eigenvalue weighted by Gasteiger charge is 2.43. The van der Waals surface area contributed by atoms with Crippen LogP contribution in [0.15, 0.2) is 67.3 Å². The average Bonchev–Trinajstić information content (AvgIpc) is 3.75. The van der Waals surface area contributed by atoms with Crippen LogP contribution in [0.2, 0.25) is 0 Å². The third-order valence-electron chi connectivity index (χ3n) is 11.5. The third kappa shape index (κ3) is 10.8. The monoisotopic (exact) mass is 843 g/mol. The molecular formula is C45H57N5O9S. The lowest BCUT2D eigenvalue weighted by Gasteiger charge is -2.32. The lowest BCUT2D eigenvalue weighted by molar-refractivity contribution is -0.141. The summed E-state index contributed by atoms with van der Waals surface area (Å²) >= 11 is 0. The van der Waals surface area contributed by atoms with Crippen LogP contribution in [-0.2, 0) is 29.1 Å². The first-order valence-corrected chi connectivity index (χ1v) is 22.3. The number of benzene rings is 2. The van der Waals surface area contributed by atoms with E-state index in [1.54, 1.807) is 14.2 Å². The number of likely N-dealkylation sites (tertiary alicyclic amines) is 1. The number of hydrogen-bond donors (Lipinski definition) is 3. The maximum absolute atomic E-state index is 14.2. The molecule has 1 saturated heterocycles. The molecule has 14 nitrogen and oxygen atoms in total. The second-order valence-corrected chi connectivity index (χ2v) is 18.6. The molecule has 1 aliphatic heterocycles. The molecule has 60 heavy (non-hydrogen) atoms. The molecule has 0 radical (unpaired) electrons.